The quantitative estimate of drug-likeness (QED) is 0.494. The largest absolute Gasteiger partial charge is 0.478 e. The van der Waals surface area contributed by atoms with E-state index in [0.29, 0.717) is 22.7 Å². The average Bonchev–Trinajstić information content (AvgIpc) is 3.17. The van der Waals surface area contributed by atoms with Gasteiger partial charge in [-0.05, 0) is 67.5 Å². The number of benzene rings is 2. The molecule has 0 saturated heterocycles. The molecular formula is C25H24N2O4S. The van der Waals surface area contributed by atoms with Gasteiger partial charge < -0.3 is 15.7 Å². The maximum Gasteiger partial charge on any atom is 0.335 e. The second-order valence-corrected chi connectivity index (χ2v) is 8.85. The van der Waals surface area contributed by atoms with Crippen molar-refractivity contribution < 1.29 is 19.5 Å². The molecule has 6 nitrogen and oxygen atoms in total. The molecule has 0 aliphatic heterocycles. The molecule has 0 unspecified atom stereocenters. The van der Waals surface area contributed by atoms with Crippen LogP contribution in [0.3, 0.4) is 0 Å². The van der Waals surface area contributed by atoms with Gasteiger partial charge in [0, 0.05) is 17.0 Å². The van der Waals surface area contributed by atoms with Gasteiger partial charge in [-0.2, -0.15) is 0 Å². The molecule has 1 aromatic heterocycles. The molecule has 32 heavy (non-hydrogen) atoms. The predicted molar refractivity (Wildman–Crippen MR) is 125 cm³/mol. The first-order chi connectivity index (χ1) is 15.5. The lowest BCUT2D eigenvalue weighted by Crippen LogP contribution is -2.27. The van der Waals surface area contributed by atoms with Crippen molar-refractivity contribution >= 4 is 34.1 Å². The lowest BCUT2D eigenvalue weighted by molar-refractivity contribution is 0.0696. The Labute approximate surface area is 190 Å². The summed E-state index contributed by atoms with van der Waals surface area (Å²) in [6, 6.07) is 15.7. The fourth-order valence-corrected chi connectivity index (χ4v) is 5.17. The smallest absolute Gasteiger partial charge is 0.335 e. The van der Waals surface area contributed by atoms with E-state index in [0.717, 1.165) is 48.1 Å². The number of hydrogen-bond acceptors (Lipinski definition) is 4. The maximum atomic E-state index is 13.1. The molecule has 1 heterocycles. The minimum Gasteiger partial charge on any atom is -0.478 e. The molecule has 0 spiro atoms. The number of carbonyl (C=O) groups excluding carboxylic acids is 2. The highest BCUT2D eigenvalue weighted by molar-refractivity contribution is 7.17. The van der Waals surface area contributed by atoms with E-state index in [1.54, 1.807) is 0 Å². The number of carboxylic acid groups (broad SMARTS) is 1. The molecule has 2 aromatic carbocycles. The van der Waals surface area contributed by atoms with Crippen LogP contribution < -0.4 is 10.6 Å². The Kier molecular flexibility index (Phi) is 6.66. The molecule has 7 heteroatoms. The van der Waals surface area contributed by atoms with Crippen LogP contribution in [-0.4, -0.2) is 29.4 Å². The Balaban J connectivity index is 1.51. The van der Waals surface area contributed by atoms with E-state index in [1.165, 1.54) is 35.6 Å². The summed E-state index contributed by atoms with van der Waals surface area (Å²) in [6.07, 6.45) is 4.57. The molecule has 2 amide bonds. The van der Waals surface area contributed by atoms with Crippen LogP contribution in [0, 0.1) is 0 Å². The lowest BCUT2D eigenvalue weighted by atomic mass is 9.95. The summed E-state index contributed by atoms with van der Waals surface area (Å²) in [6.45, 7) is 0.511. The predicted octanol–water partition coefficient (Wildman–Crippen LogP) is 4.55. The minimum absolute atomic E-state index is 0.117. The van der Waals surface area contributed by atoms with Gasteiger partial charge in [0.2, 0.25) is 0 Å². The maximum absolute atomic E-state index is 13.1. The first kappa shape index (κ1) is 21.8. The molecule has 0 fully saturated rings. The van der Waals surface area contributed by atoms with Gasteiger partial charge in [0.15, 0.2) is 0 Å². The first-order valence-electron chi connectivity index (χ1n) is 10.6. The monoisotopic (exact) mass is 448 g/mol. The fraction of sp³-hybridized carbons (Fsp3) is 0.240. The van der Waals surface area contributed by atoms with E-state index in [2.05, 4.69) is 10.6 Å². The third-order valence-corrected chi connectivity index (χ3v) is 6.77. The third kappa shape index (κ3) is 4.89. The zero-order valence-electron chi connectivity index (χ0n) is 17.5. The van der Waals surface area contributed by atoms with Gasteiger partial charge in [0.25, 0.3) is 11.8 Å². The molecular weight excluding hydrogens is 424 g/mol. The van der Waals surface area contributed by atoms with Crippen LogP contribution in [0.5, 0.6) is 0 Å². The first-order valence-corrected chi connectivity index (χ1v) is 11.5. The van der Waals surface area contributed by atoms with Crippen LogP contribution in [-0.2, 0) is 19.3 Å². The van der Waals surface area contributed by atoms with Gasteiger partial charge in [0.05, 0.1) is 11.1 Å². The Morgan fingerprint density at radius 2 is 1.56 bits per heavy atom. The van der Waals surface area contributed by atoms with E-state index in [4.69, 9.17) is 5.11 Å². The van der Waals surface area contributed by atoms with E-state index in [9.17, 15) is 14.4 Å². The number of aryl methyl sites for hydroxylation is 1. The summed E-state index contributed by atoms with van der Waals surface area (Å²) in [5.74, 6) is -1.58. The summed E-state index contributed by atoms with van der Waals surface area (Å²) in [4.78, 5) is 38.1. The minimum atomic E-state index is -1.04. The number of amides is 2. The Morgan fingerprint density at radius 3 is 2.28 bits per heavy atom. The molecule has 0 saturated carbocycles. The Bertz CT molecular complexity index is 1140. The topological polar surface area (TPSA) is 95.5 Å². The molecule has 1 aliphatic rings. The zero-order chi connectivity index (χ0) is 22.5. The number of anilines is 1. The van der Waals surface area contributed by atoms with Crippen molar-refractivity contribution in [2.75, 3.05) is 11.9 Å². The molecule has 3 aromatic rings. The van der Waals surface area contributed by atoms with Crippen LogP contribution in [0.1, 0.15) is 59.9 Å². The van der Waals surface area contributed by atoms with Crippen molar-refractivity contribution in [3.8, 4) is 0 Å². The van der Waals surface area contributed by atoms with Crippen molar-refractivity contribution in [3.05, 3.63) is 87.3 Å². The highest BCUT2D eigenvalue weighted by Gasteiger charge is 2.26. The van der Waals surface area contributed by atoms with Gasteiger partial charge in [-0.3, -0.25) is 9.59 Å². The van der Waals surface area contributed by atoms with Gasteiger partial charge in [-0.25, -0.2) is 4.79 Å². The van der Waals surface area contributed by atoms with Crippen LogP contribution in [0.4, 0.5) is 5.00 Å². The van der Waals surface area contributed by atoms with E-state index < -0.39 is 5.97 Å². The normalized spacial score (nSPS) is 12.6. The SMILES string of the molecule is O=C(O)c1ccc(C(=O)Nc2sc3c(c2C(=O)NCCc2ccccc2)CCCC3)cc1. The van der Waals surface area contributed by atoms with Crippen LogP contribution in [0.15, 0.2) is 54.6 Å². The Hall–Kier alpha value is -3.45. The molecule has 0 bridgehead atoms. The standard InChI is InChI=1S/C25H24N2O4S/c28-22(17-10-12-18(13-11-17)25(30)31)27-24-21(19-8-4-5-9-20(19)32-24)23(29)26-15-14-16-6-2-1-3-7-16/h1-3,6-7,10-13H,4-5,8-9,14-15H2,(H,26,29)(H,27,28)(H,30,31). The number of carbonyl (C=O) groups is 3. The number of aromatic carboxylic acids is 1. The number of nitrogens with one attached hydrogen (secondary N) is 2. The fourth-order valence-electron chi connectivity index (χ4n) is 3.89. The number of hydrogen-bond donors (Lipinski definition) is 3. The van der Waals surface area contributed by atoms with Gasteiger partial charge >= 0.3 is 5.97 Å². The lowest BCUT2D eigenvalue weighted by Gasteiger charge is -2.13. The third-order valence-electron chi connectivity index (χ3n) is 5.56. The number of fused-ring (bicyclic) bond motifs is 1. The van der Waals surface area contributed by atoms with Gasteiger partial charge in [0.1, 0.15) is 5.00 Å². The molecule has 164 valence electrons. The summed E-state index contributed by atoms with van der Waals surface area (Å²) in [5.41, 5.74) is 3.21. The molecule has 3 N–H and O–H groups in total. The summed E-state index contributed by atoms with van der Waals surface area (Å²) in [7, 11) is 0. The van der Waals surface area contributed by atoms with Crippen LogP contribution in [0.25, 0.3) is 0 Å². The molecule has 0 radical (unpaired) electrons. The second kappa shape index (κ2) is 9.78. The summed E-state index contributed by atoms with van der Waals surface area (Å²) < 4.78 is 0. The number of carboxylic acids is 1. The summed E-state index contributed by atoms with van der Waals surface area (Å²) >= 11 is 1.46. The second-order valence-electron chi connectivity index (χ2n) is 7.74. The van der Waals surface area contributed by atoms with Crippen LogP contribution in [0.2, 0.25) is 0 Å². The molecule has 1 aliphatic carbocycles. The Morgan fingerprint density at radius 1 is 0.875 bits per heavy atom. The van der Waals surface area contributed by atoms with Crippen molar-refractivity contribution in [2.45, 2.75) is 32.1 Å². The summed E-state index contributed by atoms with van der Waals surface area (Å²) in [5, 5.41) is 15.5. The highest BCUT2D eigenvalue weighted by atomic mass is 32.1. The highest BCUT2D eigenvalue weighted by Crippen LogP contribution is 2.38. The van der Waals surface area contributed by atoms with E-state index >= 15 is 0 Å². The van der Waals surface area contributed by atoms with E-state index in [1.807, 2.05) is 30.3 Å². The van der Waals surface area contributed by atoms with E-state index in [-0.39, 0.29) is 17.4 Å². The van der Waals surface area contributed by atoms with Crippen LogP contribution >= 0.6 is 11.3 Å². The number of rotatable bonds is 7. The average molecular weight is 449 g/mol. The van der Waals surface area contributed by atoms with Crippen molar-refractivity contribution in [3.63, 3.8) is 0 Å². The molecule has 4 rings (SSSR count). The van der Waals surface area contributed by atoms with Crippen molar-refractivity contribution in [1.29, 1.82) is 0 Å². The van der Waals surface area contributed by atoms with Gasteiger partial charge in [-0.15, -0.1) is 11.3 Å². The molecule has 0 atom stereocenters. The van der Waals surface area contributed by atoms with Gasteiger partial charge in [-0.1, -0.05) is 30.3 Å². The van der Waals surface area contributed by atoms with Crippen molar-refractivity contribution in [2.24, 2.45) is 0 Å². The zero-order valence-corrected chi connectivity index (χ0v) is 18.3. The number of thiophene rings is 1. The van der Waals surface area contributed by atoms with Crippen molar-refractivity contribution in [1.82, 2.24) is 5.32 Å².